The van der Waals surface area contributed by atoms with Crippen LogP contribution in [0.25, 0.3) is 0 Å². The molecule has 0 amide bonds. The molecule has 0 radical (unpaired) electrons. The first-order chi connectivity index (χ1) is 8.29. The van der Waals surface area contributed by atoms with Gasteiger partial charge in [-0.1, -0.05) is 24.3 Å². The number of esters is 1. The second-order valence-electron chi connectivity index (χ2n) is 4.44. The molecular formula is C14H19NO2. The van der Waals surface area contributed by atoms with Gasteiger partial charge in [0.05, 0.1) is 13.5 Å². The predicted octanol–water partition coefficient (Wildman–Crippen LogP) is 1.65. The first kappa shape index (κ1) is 12.1. The summed E-state index contributed by atoms with van der Waals surface area (Å²) in [4.78, 5) is 13.5. The van der Waals surface area contributed by atoms with E-state index in [9.17, 15) is 4.79 Å². The summed E-state index contributed by atoms with van der Waals surface area (Å²) in [6.45, 7) is 2.88. The zero-order chi connectivity index (χ0) is 12.1. The summed E-state index contributed by atoms with van der Waals surface area (Å²) in [5, 5.41) is 0. The fourth-order valence-corrected chi connectivity index (χ4v) is 2.29. The minimum atomic E-state index is -0.119. The van der Waals surface area contributed by atoms with Gasteiger partial charge in [-0.25, -0.2) is 0 Å². The van der Waals surface area contributed by atoms with E-state index in [4.69, 9.17) is 0 Å². The summed E-state index contributed by atoms with van der Waals surface area (Å²) in [6.07, 6.45) is 2.65. The average molecular weight is 233 g/mol. The molecule has 0 spiro atoms. The summed E-state index contributed by atoms with van der Waals surface area (Å²) in [7, 11) is 1.45. The average Bonchev–Trinajstić information content (AvgIpc) is 2.58. The van der Waals surface area contributed by atoms with Crippen molar-refractivity contribution in [2.45, 2.75) is 19.3 Å². The van der Waals surface area contributed by atoms with Crippen LogP contribution in [0.4, 0.5) is 0 Å². The number of carbonyl (C=O) groups excluding carboxylic acids is 1. The third-order valence-corrected chi connectivity index (χ3v) is 3.37. The van der Waals surface area contributed by atoms with Crippen molar-refractivity contribution in [3.8, 4) is 0 Å². The Morgan fingerprint density at radius 2 is 1.82 bits per heavy atom. The first-order valence-electron chi connectivity index (χ1n) is 6.15. The summed E-state index contributed by atoms with van der Waals surface area (Å²) >= 11 is 0. The van der Waals surface area contributed by atoms with E-state index >= 15 is 0 Å². The van der Waals surface area contributed by atoms with Gasteiger partial charge in [0.2, 0.25) is 0 Å². The molecule has 0 fully saturated rings. The smallest absolute Gasteiger partial charge is 0.306 e. The summed E-state index contributed by atoms with van der Waals surface area (Å²) < 4.78 is 4.67. The molecule has 0 N–H and O–H groups in total. The number of carbonyl (C=O) groups is 1. The van der Waals surface area contributed by atoms with Crippen LogP contribution < -0.4 is 0 Å². The molecule has 0 atom stereocenters. The number of nitrogens with zero attached hydrogens (tertiary/aromatic N) is 1. The van der Waals surface area contributed by atoms with Gasteiger partial charge in [0.1, 0.15) is 0 Å². The van der Waals surface area contributed by atoms with Crippen molar-refractivity contribution in [2.75, 3.05) is 26.7 Å². The highest BCUT2D eigenvalue weighted by atomic mass is 16.5. The van der Waals surface area contributed by atoms with Gasteiger partial charge in [-0.15, -0.1) is 0 Å². The van der Waals surface area contributed by atoms with Crippen LogP contribution in [0.5, 0.6) is 0 Å². The second-order valence-corrected chi connectivity index (χ2v) is 4.44. The van der Waals surface area contributed by atoms with Crippen LogP contribution in [0.1, 0.15) is 17.5 Å². The van der Waals surface area contributed by atoms with Crippen LogP contribution in [0.15, 0.2) is 24.3 Å². The van der Waals surface area contributed by atoms with E-state index in [-0.39, 0.29) is 5.97 Å². The highest BCUT2D eigenvalue weighted by molar-refractivity contribution is 5.69. The van der Waals surface area contributed by atoms with E-state index in [1.807, 2.05) is 0 Å². The van der Waals surface area contributed by atoms with Crippen LogP contribution in [-0.4, -0.2) is 37.6 Å². The third kappa shape index (κ3) is 3.30. The fraction of sp³-hybridized carbons (Fsp3) is 0.500. The highest BCUT2D eigenvalue weighted by Crippen LogP contribution is 2.15. The first-order valence-corrected chi connectivity index (χ1v) is 6.15. The van der Waals surface area contributed by atoms with Crippen molar-refractivity contribution < 1.29 is 9.53 Å². The molecule has 0 saturated carbocycles. The Balaban J connectivity index is 1.88. The number of methoxy groups -OCH3 is 1. The van der Waals surface area contributed by atoms with Crippen molar-refractivity contribution >= 4 is 5.97 Å². The minimum absolute atomic E-state index is 0.119. The number of benzene rings is 1. The number of fused-ring (bicyclic) bond motifs is 1. The second kappa shape index (κ2) is 5.82. The van der Waals surface area contributed by atoms with Crippen molar-refractivity contribution in [1.82, 2.24) is 4.90 Å². The van der Waals surface area contributed by atoms with Crippen LogP contribution in [0.2, 0.25) is 0 Å². The zero-order valence-electron chi connectivity index (χ0n) is 10.3. The van der Waals surface area contributed by atoms with Gasteiger partial charge in [-0.2, -0.15) is 0 Å². The van der Waals surface area contributed by atoms with Gasteiger partial charge < -0.3 is 9.64 Å². The molecule has 0 saturated heterocycles. The maximum absolute atomic E-state index is 11.1. The maximum atomic E-state index is 11.1. The zero-order valence-corrected chi connectivity index (χ0v) is 10.3. The van der Waals surface area contributed by atoms with Gasteiger partial charge >= 0.3 is 5.97 Å². The van der Waals surface area contributed by atoms with Crippen molar-refractivity contribution in [1.29, 1.82) is 0 Å². The van der Waals surface area contributed by atoms with Gasteiger partial charge in [-0.3, -0.25) is 4.79 Å². The molecule has 0 unspecified atom stereocenters. The van der Waals surface area contributed by atoms with Crippen LogP contribution in [-0.2, 0) is 22.4 Å². The molecule has 1 aliphatic rings. The molecule has 0 aliphatic carbocycles. The van der Waals surface area contributed by atoms with E-state index in [2.05, 4.69) is 33.9 Å². The molecule has 0 bridgehead atoms. The molecule has 1 aromatic rings. The molecule has 3 heteroatoms. The van der Waals surface area contributed by atoms with Crippen LogP contribution >= 0.6 is 0 Å². The van der Waals surface area contributed by atoms with Gasteiger partial charge in [-0.05, 0) is 24.0 Å². The lowest BCUT2D eigenvalue weighted by atomic mass is 10.0. The van der Waals surface area contributed by atoms with Crippen molar-refractivity contribution in [3.63, 3.8) is 0 Å². The lowest BCUT2D eigenvalue weighted by molar-refractivity contribution is -0.140. The number of hydrogen-bond acceptors (Lipinski definition) is 3. The van der Waals surface area contributed by atoms with E-state index in [1.54, 1.807) is 0 Å². The number of hydrogen-bond donors (Lipinski definition) is 0. The Kier molecular flexibility index (Phi) is 4.15. The largest absolute Gasteiger partial charge is 0.469 e. The Labute approximate surface area is 102 Å². The number of rotatable bonds is 3. The standard InChI is InChI=1S/C14H19NO2/c1-17-14(16)8-11-15-9-6-12-4-2-3-5-13(12)7-10-15/h2-5H,6-11H2,1H3. The minimum Gasteiger partial charge on any atom is -0.469 e. The molecule has 17 heavy (non-hydrogen) atoms. The Bertz CT molecular complexity index is 363. The highest BCUT2D eigenvalue weighted by Gasteiger charge is 2.14. The van der Waals surface area contributed by atoms with Crippen LogP contribution in [0, 0.1) is 0 Å². The van der Waals surface area contributed by atoms with Gasteiger partial charge in [0.25, 0.3) is 0 Å². The van der Waals surface area contributed by atoms with Gasteiger partial charge in [0, 0.05) is 19.6 Å². The lowest BCUT2D eigenvalue weighted by Crippen LogP contribution is -2.29. The SMILES string of the molecule is COC(=O)CCN1CCc2ccccc2CC1. The van der Waals surface area contributed by atoms with Gasteiger partial charge in [0.15, 0.2) is 0 Å². The lowest BCUT2D eigenvalue weighted by Gasteiger charge is -2.18. The molecule has 2 rings (SSSR count). The maximum Gasteiger partial charge on any atom is 0.306 e. The molecule has 0 aromatic heterocycles. The van der Waals surface area contributed by atoms with E-state index in [0.717, 1.165) is 32.5 Å². The van der Waals surface area contributed by atoms with E-state index in [1.165, 1.54) is 18.2 Å². The number of ether oxygens (including phenoxy) is 1. The van der Waals surface area contributed by atoms with Crippen molar-refractivity contribution in [3.05, 3.63) is 35.4 Å². The molecule has 92 valence electrons. The topological polar surface area (TPSA) is 29.5 Å². The normalized spacial score (nSPS) is 16.1. The quantitative estimate of drug-likeness (QED) is 0.743. The van der Waals surface area contributed by atoms with E-state index < -0.39 is 0 Å². The molecule has 1 aromatic carbocycles. The monoisotopic (exact) mass is 233 g/mol. The Hall–Kier alpha value is -1.35. The predicted molar refractivity (Wildman–Crippen MR) is 66.9 cm³/mol. The van der Waals surface area contributed by atoms with Crippen molar-refractivity contribution in [2.24, 2.45) is 0 Å². The summed E-state index contributed by atoms with van der Waals surface area (Å²) in [5.74, 6) is -0.119. The van der Waals surface area contributed by atoms with E-state index in [0.29, 0.717) is 6.42 Å². The summed E-state index contributed by atoms with van der Waals surface area (Å²) in [5.41, 5.74) is 2.90. The fourth-order valence-electron chi connectivity index (χ4n) is 2.29. The molecule has 1 aliphatic heterocycles. The Morgan fingerprint density at radius 3 is 2.35 bits per heavy atom. The van der Waals surface area contributed by atoms with Crippen LogP contribution in [0.3, 0.4) is 0 Å². The third-order valence-electron chi connectivity index (χ3n) is 3.37. The summed E-state index contributed by atoms with van der Waals surface area (Å²) in [6, 6.07) is 8.62. The Morgan fingerprint density at radius 1 is 1.24 bits per heavy atom. The molecule has 3 nitrogen and oxygen atoms in total. The molecule has 1 heterocycles. The molecular weight excluding hydrogens is 214 g/mol.